The van der Waals surface area contributed by atoms with Crippen LogP contribution in [0.5, 0.6) is 0 Å². The summed E-state index contributed by atoms with van der Waals surface area (Å²) in [7, 11) is 0.190. The van der Waals surface area contributed by atoms with E-state index in [0.717, 1.165) is 0 Å². The van der Waals surface area contributed by atoms with Gasteiger partial charge in [-0.05, 0) is 31.7 Å². The number of halogens is 1. The maximum Gasteiger partial charge on any atom is 0.253 e. The average Bonchev–Trinajstić information content (AvgIpc) is 2.43. The molecule has 0 bridgehead atoms. The molecule has 1 aromatic carbocycles. The van der Waals surface area contributed by atoms with Crippen molar-refractivity contribution in [3.63, 3.8) is 0 Å². The molecule has 0 saturated carbocycles. The molecule has 0 heterocycles. The van der Waals surface area contributed by atoms with Crippen LogP contribution in [0.25, 0.3) is 0 Å². The molecule has 0 aromatic heterocycles. The summed E-state index contributed by atoms with van der Waals surface area (Å²) in [5.74, 6) is -0.0745. The van der Waals surface area contributed by atoms with Gasteiger partial charge in [-0.2, -0.15) is 0 Å². The third-order valence-electron chi connectivity index (χ3n) is 2.90. The predicted molar refractivity (Wildman–Crippen MR) is 92.3 cm³/mol. The average molecular weight is 350 g/mol. The standard InChI is InChI=1S/C14H23N3O3S.ClH/c1-4-10-21(19,20)16-13-7-5-6-12(11-13)14(18)17(3)9-8-15-2;/h5-7,11,15-16H,4,8-10H2,1-3H3;1H. The van der Waals surface area contributed by atoms with Crippen molar-refractivity contribution in [3.8, 4) is 0 Å². The van der Waals surface area contributed by atoms with Gasteiger partial charge in [0.15, 0.2) is 0 Å². The van der Waals surface area contributed by atoms with E-state index in [9.17, 15) is 13.2 Å². The highest BCUT2D eigenvalue weighted by Gasteiger charge is 2.13. The quantitative estimate of drug-likeness (QED) is 0.746. The molecule has 22 heavy (non-hydrogen) atoms. The zero-order valence-electron chi connectivity index (χ0n) is 13.1. The lowest BCUT2D eigenvalue weighted by Crippen LogP contribution is -2.32. The fourth-order valence-electron chi connectivity index (χ4n) is 1.82. The Morgan fingerprint density at radius 3 is 2.59 bits per heavy atom. The summed E-state index contributed by atoms with van der Waals surface area (Å²) >= 11 is 0. The monoisotopic (exact) mass is 349 g/mol. The van der Waals surface area contributed by atoms with E-state index in [-0.39, 0.29) is 24.1 Å². The van der Waals surface area contributed by atoms with E-state index in [2.05, 4.69) is 10.0 Å². The number of carbonyl (C=O) groups excluding carboxylic acids is 1. The van der Waals surface area contributed by atoms with Crippen molar-refractivity contribution in [2.24, 2.45) is 0 Å². The van der Waals surface area contributed by atoms with Crippen LogP contribution < -0.4 is 10.0 Å². The predicted octanol–water partition coefficient (Wildman–Crippen LogP) is 1.55. The molecule has 0 aliphatic rings. The fraction of sp³-hybridized carbons (Fsp3) is 0.500. The topological polar surface area (TPSA) is 78.5 Å². The molecular formula is C14H24ClN3O3S. The second kappa shape index (κ2) is 9.66. The summed E-state index contributed by atoms with van der Waals surface area (Å²) in [6.07, 6.45) is 0.542. The smallest absolute Gasteiger partial charge is 0.253 e. The van der Waals surface area contributed by atoms with Crippen LogP contribution in [-0.4, -0.2) is 52.2 Å². The van der Waals surface area contributed by atoms with Crippen molar-refractivity contribution in [3.05, 3.63) is 29.8 Å². The van der Waals surface area contributed by atoms with Crippen LogP contribution in [0.4, 0.5) is 5.69 Å². The summed E-state index contributed by atoms with van der Waals surface area (Å²) in [5, 5.41) is 2.98. The van der Waals surface area contributed by atoms with Gasteiger partial charge in [0.05, 0.1) is 5.75 Å². The van der Waals surface area contributed by atoms with Crippen molar-refractivity contribution in [2.45, 2.75) is 13.3 Å². The van der Waals surface area contributed by atoms with Crippen molar-refractivity contribution in [1.29, 1.82) is 0 Å². The number of nitrogens with zero attached hydrogens (tertiary/aromatic N) is 1. The van der Waals surface area contributed by atoms with Crippen LogP contribution in [0.2, 0.25) is 0 Å². The molecule has 0 unspecified atom stereocenters. The Morgan fingerprint density at radius 2 is 2.00 bits per heavy atom. The number of anilines is 1. The Balaban J connectivity index is 0.00000441. The summed E-state index contributed by atoms with van der Waals surface area (Å²) in [4.78, 5) is 13.8. The third-order valence-corrected chi connectivity index (χ3v) is 4.39. The Bertz CT molecular complexity index is 578. The number of amides is 1. The molecule has 0 atom stereocenters. The van der Waals surface area contributed by atoms with Gasteiger partial charge in [0, 0.05) is 31.4 Å². The molecule has 0 aliphatic carbocycles. The minimum atomic E-state index is -3.35. The number of nitrogens with one attached hydrogen (secondary N) is 2. The molecular weight excluding hydrogens is 326 g/mol. The van der Waals surface area contributed by atoms with Crippen LogP contribution in [-0.2, 0) is 10.0 Å². The minimum absolute atomic E-state index is 0. The first kappa shape index (κ1) is 20.7. The molecule has 126 valence electrons. The fourth-order valence-corrected chi connectivity index (χ4v) is 2.94. The number of hydrogen-bond acceptors (Lipinski definition) is 4. The highest BCUT2D eigenvalue weighted by Crippen LogP contribution is 2.14. The molecule has 0 radical (unpaired) electrons. The van der Waals surface area contributed by atoms with Gasteiger partial charge in [-0.3, -0.25) is 9.52 Å². The SMILES string of the molecule is CCCS(=O)(=O)Nc1cccc(C(=O)N(C)CCNC)c1.Cl. The molecule has 6 nitrogen and oxygen atoms in total. The van der Waals surface area contributed by atoms with E-state index in [1.807, 2.05) is 7.05 Å². The Labute approximate surface area is 138 Å². The largest absolute Gasteiger partial charge is 0.340 e. The van der Waals surface area contributed by atoms with Gasteiger partial charge in [-0.25, -0.2) is 8.42 Å². The Morgan fingerprint density at radius 1 is 1.32 bits per heavy atom. The molecule has 2 N–H and O–H groups in total. The molecule has 8 heteroatoms. The number of rotatable bonds is 8. The third kappa shape index (κ3) is 6.64. The van der Waals surface area contributed by atoms with E-state index in [0.29, 0.717) is 30.8 Å². The molecule has 1 aromatic rings. The molecule has 0 aliphatic heterocycles. The zero-order chi connectivity index (χ0) is 15.9. The van der Waals surface area contributed by atoms with Crippen molar-refractivity contribution < 1.29 is 13.2 Å². The summed E-state index contributed by atoms with van der Waals surface area (Å²) in [5.41, 5.74) is 0.876. The number of carbonyl (C=O) groups is 1. The first-order valence-electron chi connectivity index (χ1n) is 6.90. The van der Waals surface area contributed by atoms with E-state index < -0.39 is 10.0 Å². The normalized spacial score (nSPS) is 10.7. The molecule has 0 saturated heterocycles. The lowest BCUT2D eigenvalue weighted by molar-refractivity contribution is 0.0797. The van der Waals surface area contributed by atoms with Crippen LogP contribution in [0, 0.1) is 0 Å². The van der Waals surface area contributed by atoms with Crippen molar-refractivity contribution in [1.82, 2.24) is 10.2 Å². The van der Waals surface area contributed by atoms with Crippen LogP contribution in [0.1, 0.15) is 23.7 Å². The number of sulfonamides is 1. The van der Waals surface area contributed by atoms with Gasteiger partial charge >= 0.3 is 0 Å². The number of benzene rings is 1. The summed E-state index contributed by atoms with van der Waals surface area (Å²) in [6.45, 7) is 3.09. The van der Waals surface area contributed by atoms with E-state index in [4.69, 9.17) is 0 Å². The molecule has 0 spiro atoms. The van der Waals surface area contributed by atoms with Crippen molar-refractivity contribution in [2.75, 3.05) is 37.7 Å². The van der Waals surface area contributed by atoms with E-state index >= 15 is 0 Å². The van der Waals surface area contributed by atoms with Gasteiger partial charge in [0.25, 0.3) is 5.91 Å². The Hall–Kier alpha value is -1.31. The van der Waals surface area contributed by atoms with E-state index in [1.165, 1.54) is 0 Å². The van der Waals surface area contributed by atoms with E-state index in [1.54, 1.807) is 43.1 Å². The summed E-state index contributed by atoms with van der Waals surface area (Å²) in [6, 6.07) is 6.54. The van der Waals surface area contributed by atoms with Gasteiger partial charge in [-0.15, -0.1) is 12.4 Å². The Kier molecular flexibility index (Phi) is 9.08. The number of likely N-dealkylation sites (N-methyl/N-ethyl adjacent to an activating group) is 2. The first-order valence-corrected chi connectivity index (χ1v) is 8.55. The van der Waals surface area contributed by atoms with Gasteiger partial charge in [-0.1, -0.05) is 13.0 Å². The van der Waals surface area contributed by atoms with Crippen LogP contribution >= 0.6 is 12.4 Å². The lowest BCUT2D eigenvalue weighted by Gasteiger charge is -2.17. The maximum atomic E-state index is 12.2. The first-order chi connectivity index (χ1) is 9.89. The minimum Gasteiger partial charge on any atom is -0.340 e. The lowest BCUT2D eigenvalue weighted by atomic mass is 10.2. The summed E-state index contributed by atoms with van der Waals surface area (Å²) < 4.78 is 26.0. The van der Waals surface area contributed by atoms with Crippen LogP contribution in [0.15, 0.2) is 24.3 Å². The highest BCUT2D eigenvalue weighted by molar-refractivity contribution is 7.92. The number of hydrogen-bond donors (Lipinski definition) is 2. The maximum absolute atomic E-state index is 12.2. The second-order valence-corrected chi connectivity index (χ2v) is 6.67. The highest BCUT2D eigenvalue weighted by atomic mass is 35.5. The second-order valence-electron chi connectivity index (χ2n) is 4.83. The van der Waals surface area contributed by atoms with Gasteiger partial charge in [0.2, 0.25) is 10.0 Å². The van der Waals surface area contributed by atoms with Gasteiger partial charge < -0.3 is 10.2 Å². The van der Waals surface area contributed by atoms with Crippen LogP contribution in [0.3, 0.4) is 0 Å². The van der Waals surface area contributed by atoms with Crippen molar-refractivity contribution >= 4 is 34.0 Å². The molecule has 1 amide bonds. The van der Waals surface area contributed by atoms with Gasteiger partial charge in [0.1, 0.15) is 0 Å². The zero-order valence-corrected chi connectivity index (χ0v) is 14.8. The molecule has 1 rings (SSSR count). The molecule has 0 fully saturated rings.